The first-order valence-electron chi connectivity index (χ1n) is 15.5. The first-order chi connectivity index (χ1) is 22.2. The van der Waals surface area contributed by atoms with Crippen LogP contribution in [0.1, 0.15) is 24.8 Å². The summed E-state index contributed by atoms with van der Waals surface area (Å²) in [5.41, 5.74) is -0.0254. The van der Waals surface area contributed by atoms with Crippen molar-refractivity contribution in [1.82, 2.24) is 34.9 Å². The van der Waals surface area contributed by atoms with E-state index in [1.54, 1.807) is 11.8 Å². The van der Waals surface area contributed by atoms with Gasteiger partial charge in [0.25, 0.3) is 0 Å². The number of ether oxygens (including phenoxy) is 2. The van der Waals surface area contributed by atoms with Crippen molar-refractivity contribution in [3.63, 3.8) is 0 Å². The van der Waals surface area contributed by atoms with Crippen molar-refractivity contribution in [2.75, 3.05) is 57.4 Å². The van der Waals surface area contributed by atoms with Crippen molar-refractivity contribution < 1.29 is 27.4 Å². The summed E-state index contributed by atoms with van der Waals surface area (Å²) in [5, 5.41) is 7.37. The lowest BCUT2D eigenvalue weighted by atomic mass is 9.91. The number of pyridine rings is 1. The molecule has 4 aliphatic rings. The second kappa shape index (κ2) is 10.6. The van der Waals surface area contributed by atoms with Crippen LogP contribution in [0.5, 0.6) is 6.01 Å². The average Bonchev–Trinajstić information content (AvgIpc) is 3.74. The Kier molecular flexibility index (Phi) is 6.73. The van der Waals surface area contributed by atoms with Crippen LogP contribution in [0.25, 0.3) is 33.1 Å². The fraction of sp³-hybridized carbons (Fsp3) is 0.469. The topological polar surface area (TPSA) is 113 Å². The Morgan fingerprint density at radius 1 is 1.22 bits per heavy atom. The van der Waals surface area contributed by atoms with Crippen LogP contribution in [0.3, 0.4) is 0 Å². The highest BCUT2D eigenvalue weighted by Crippen LogP contribution is 2.42. The van der Waals surface area contributed by atoms with E-state index in [4.69, 9.17) is 14.5 Å². The van der Waals surface area contributed by atoms with Gasteiger partial charge in [0.05, 0.1) is 30.3 Å². The number of H-pyrrole nitrogens is 1. The summed E-state index contributed by atoms with van der Waals surface area (Å²) in [6.45, 7) is 8.55. The van der Waals surface area contributed by atoms with E-state index in [1.165, 1.54) is 24.5 Å². The molecule has 4 aliphatic heterocycles. The number of hydrogen-bond donors (Lipinski definition) is 1. The molecule has 4 fully saturated rings. The number of amides is 1. The van der Waals surface area contributed by atoms with E-state index in [2.05, 4.69) is 31.6 Å². The lowest BCUT2D eigenvalue weighted by Gasteiger charge is -2.55. The molecule has 0 aliphatic carbocycles. The first kappa shape index (κ1) is 29.1. The summed E-state index contributed by atoms with van der Waals surface area (Å²) >= 11 is 0. The van der Waals surface area contributed by atoms with Crippen molar-refractivity contribution in [2.45, 2.75) is 43.4 Å². The highest BCUT2D eigenvalue weighted by molar-refractivity contribution is 5.99. The van der Waals surface area contributed by atoms with E-state index in [1.807, 2.05) is 4.90 Å². The standard InChI is InChI=1S/C32H33F3N8O3/c1-3-23(44)43-8-7-41(14-32(43)15-45-16-32)29-21-11-36-28(24-18(2)9-22(34)26-20(24)12-37-40-26)25(35)27(21)38-30(39-29)46-17-31-5-4-6-42(31)13-19(33)10-31/h3,9,11-12,19H,1,4-8,10,13-17H2,2H3,(H,37,40)/t19-,31+/m1/s1. The minimum absolute atomic E-state index is 0.00566. The molecule has 0 unspecified atom stereocenters. The zero-order valence-electron chi connectivity index (χ0n) is 25.4. The lowest BCUT2D eigenvalue weighted by molar-refractivity contribution is -0.164. The number of alkyl halides is 1. The normalized spacial score (nSPS) is 24.1. The monoisotopic (exact) mass is 634 g/mol. The second-order valence-corrected chi connectivity index (χ2v) is 12.9. The van der Waals surface area contributed by atoms with Gasteiger partial charge in [-0.25, -0.2) is 13.2 Å². The molecule has 4 saturated heterocycles. The van der Waals surface area contributed by atoms with E-state index in [-0.39, 0.29) is 35.3 Å². The highest BCUT2D eigenvalue weighted by Gasteiger charge is 2.51. The van der Waals surface area contributed by atoms with E-state index >= 15 is 4.39 Å². The molecule has 0 bridgehead atoms. The van der Waals surface area contributed by atoms with Gasteiger partial charge in [0, 0.05) is 49.7 Å². The molecule has 1 aromatic carbocycles. The van der Waals surface area contributed by atoms with Crippen LogP contribution in [-0.4, -0.2) is 111 Å². The van der Waals surface area contributed by atoms with Gasteiger partial charge in [-0.15, -0.1) is 0 Å². The molecule has 46 heavy (non-hydrogen) atoms. The third-order valence-electron chi connectivity index (χ3n) is 10.1. The first-order valence-corrected chi connectivity index (χ1v) is 15.5. The minimum Gasteiger partial charge on any atom is -0.461 e. The lowest BCUT2D eigenvalue weighted by Crippen LogP contribution is -2.72. The summed E-state index contributed by atoms with van der Waals surface area (Å²) in [7, 11) is 0. The van der Waals surface area contributed by atoms with Crippen LogP contribution in [0.4, 0.5) is 19.0 Å². The molecule has 7 heterocycles. The Hall–Kier alpha value is -4.30. The molecule has 3 aromatic heterocycles. The number of hydrogen-bond acceptors (Lipinski definition) is 9. The van der Waals surface area contributed by atoms with Gasteiger partial charge < -0.3 is 19.3 Å². The number of nitrogens with one attached hydrogen (secondary N) is 1. The van der Waals surface area contributed by atoms with Gasteiger partial charge in [-0.3, -0.25) is 19.8 Å². The number of fused-ring (bicyclic) bond motifs is 3. The van der Waals surface area contributed by atoms with E-state index in [0.29, 0.717) is 73.5 Å². The number of piperazine rings is 1. The molecule has 8 rings (SSSR count). The molecule has 4 aromatic rings. The van der Waals surface area contributed by atoms with Crippen LogP contribution in [0.15, 0.2) is 31.1 Å². The van der Waals surface area contributed by atoms with Crippen molar-refractivity contribution in [3.05, 3.63) is 48.3 Å². The van der Waals surface area contributed by atoms with E-state index in [9.17, 15) is 13.6 Å². The zero-order valence-corrected chi connectivity index (χ0v) is 25.4. The maximum Gasteiger partial charge on any atom is 0.319 e. The van der Waals surface area contributed by atoms with Gasteiger partial charge in [-0.1, -0.05) is 6.58 Å². The van der Waals surface area contributed by atoms with Crippen LogP contribution in [0.2, 0.25) is 0 Å². The number of carbonyl (C=O) groups is 1. The number of carbonyl (C=O) groups excluding carboxylic acids is 1. The van der Waals surface area contributed by atoms with Gasteiger partial charge >= 0.3 is 6.01 Å². The van der Waals surface area contributed by atoms with Crippen LogP contribution in [-0.2, 0) is 9.53 Å². The highest BCUT2D eigenvalue weighted by atomic mass is 19.1. The largest absolute Gasteiger partial charge is 0.461 e. The van der Waals surface area contributed by atoms with Crippen LogP contribution in [0, 0.1) is 18.6 Å². The smallest absolute Gasteiger partial charge is 0.319 e. The molecule has 11 nitrogen and oxygen atoms in total. The third-order valence-corrected chi connectivity index (χ3v) is 10.1. The van der Waals surface area contributed by atoms with Gasteiger partial charge in [0.15, 0.2) is 5.82 Å². The predicted octanol–water partition coefficient (Wildman–Crippen LogP) is 3.71. The summed E-state index contributed by atoms with van der Waals surface area (Å²) in [6.07, 6.45) is 5.44. The van der Waals surface area contributed by atoms with Crippen molar-refractivity contribution in [1.29, 1.82) is 0 Å². The molecule has 0 radical (unpaired) electrons. The zero-order chi connectivity index (χ0) is 31.8. The summed E-state index contributed by atoms with van der Waals surface area (Å²) in [6, 6.07) is 1.28. The Morgan fingerprint density at radius 3 is 2.85 bits per heavy atom. The fourth-order valence-electron chi connectivity index (χ4n) is 7.87. The molecular weight excluding hydrogens is 601 g/mol. The number of nitrogens with zero attached hydrogens (tertiary/aromatic N) is 7. The van der Waals surface area contributed by atoms with Crippen molar-refractivity contribution in [2.24, 2.45) is 0 Å². The summed E-state index contributed by atoms with van der Waals surface area (Å²) < 4.78 is 57.7. The molecule has 1 N–H and O–H groups in total. The molecule has 0 saturated carbocycles. The number of halogens is 3. The van der Waals surface area contributed by atoms with Crippen molar-refractivity contribution >= 4 is 33.5 Å². The Labute approximate surface area is 262 Å². The maximum atomic E-state index is 16.8. The molecule has 14 heteroatoms. The van der Waals surface area contributed by atoms with Gasteiger partial charge in [-0.2, -0.15) is 15.1 Å². The number of aromatic amines is 1. The van der Waals surface area contributed by atoms with Gasteiger partial charge in [0.2, 0.25) is 5.91 Å². The molecule has 240 valence electrons. The Bertz CT molecular complexity index is 1900. The molecule has 1 amide bonds. The number of rotatable bonds is 6. The maximum absolute atomic E-state index is 16.8. The molecule has 1 spiro atoms. The van der Waals surface area contributed by atoms with Crippen LogP contribution < -0.4 is 9.64 Å². The number of aryl methyl sites for hydroxylation is 1. The minimum atomic E-state index is -0.933. The quantitative estimate of drug-likeness (QED) is 0.317. The van der Waals surface area contributed by atoms with E-state index < -0.39 is 28.9 Å². The number of aromatic nitrogens is 5. The fourth-order valence-corrected chi connectivity index (χ4v) is 7.87. The van der Waals surface area contributed by atoms with Crippen LogP contribution >= 0.6 is 0 Å². The van der Waals surface area contributed by atoms with Gasteiger partial charge in [0.1, 0.15) is 46.7 Å². The van der Waals surface area contributed by atoms with Gasteiger partial charge in [-0.05, 0) is 44.0 Å². The van der Waals surface area contributed by atoms with E-state index in [0.717, 1.165) is 19.4 Å². The number of benzene rings is 1. The SMILES string of the molecule is C=CC(=O)N1CCN(c2nc(OC[C@@]34CCCN3C[C@H](F)C4)nc3c(F)c(-c4c(C)cc(F)c5[nH]ncc45)ncc23)CC12COC2. The Balaban J connectivity index is 1.24. The second-order valence-electron chi connectivity index (χ2n) is 12.9. The summed E-state index contributed by atoms with van der Waals surface area (Å²) in [4.78, 5) is 32.5. The predicted molar refractivity (Wildman–Crippen MR) is 163 cm³/mol. The number of anilines is 1. The Morgan fingerprint density at radius 2 is 2.07 bits per heavy atom. The molecular formula is C32H33F3N8O3. The average molecular weight is 635 g/mol. The summed E-state index contributed by atoms with van der Waals surface area (Å²) in [5.74, 6) is -0.980. The third kappa shape index (κ3) is 4.37. The molecule has 2 atom stereocenters. The van der Waals surface area contributed by atoms with Crippen molar-refractivity contribution in [3.8, 4) is 17.3 Å².